The molecule has 0 saturated carbocycles. The molecule has 1 aromatic carbocycles. The molecule has 0 heterocycles. The molecule has 0 amide bonds. The Morgan fingerprint density at radius 1 is 1.56 bits per heavy atom. The van der Waals surface area contributed by atoms with Gasteiger partial charge in [0.2, 0.25) is 6.17 Å². The third kappa shape index (κ3) is 2.97. The molecule has 0 saturated heterocycles. The Hall–Kier alpha value is -1.20. The van der Waals surface area contributed by atoms with E-state index >= 15 is 0 Å². The molecule has 0 bridgehead atoms. The number of hydrogen-bond acceptors (Lipinski definition) is 3. The van der Waals surface area contributed by atoms with E-state index in [0.29, 0.717) is 0 Å². The maximum absolute atomic E-state index is 13.8. The van der Waals surface area contributed by atoms with Crippen LogP contribution < -0.4 is 5.73 Å². The fraction of sp³-hybridized carbons (Fsp3) is 0.417. The fourth-order valence-corrected chi connectivity index (χ4v) is 1.77. The number of alkyl halides is 1. The van der Waals surface area contributed by atoms with Crippen LogP contribution in [0.5, 0.6) is 0 Å². The molecule has 18 heavy (non-hydrogen) atoms. The van der Waals surface area contributed by atoms with Crippen molar-refractivity contribution >= 4 is 17.6 Å². The minimum absolute atomic E-state index is 0.0162. The molecule has 1 aromatic rings. The number of benzene rings is 1. The number of rotatable bonds is 4. The first kappa shape index (κ1) is 14.9. The summed E-state index contributed by atoms with van der Waals surface area (Å²) in [5, 5.41) is -0.0162. The van der Waals surface area contributed by atoms with Gasteiger partial charge in [-0.25, -0.2) is 13.6 Å². The molecule has 0 aliphatic rings. The third-order valence-electron chi connectivity index (χ3n) is 2.48. The third-order valence-corrected chi connectivity index (χ3v) is 2.81. The predicted octanol–water partition coefficient (Wildman–Crippen LogP) is 2.69. The SMILES string of the molecule is CCOC(=O)C(F)[C@@H](N)c1c(Cl)ccc(C)c1F. The van der Waals surface area contributed by atoms with E-state index in [1.54, 1.807) is 0 Å². The molecular formula is C12H14ClF2NO2. The summed E-state index contributed by atoms with van der Waals surface area (Å²) in [6.07, 6.45) is -2.15. The van der Waals surface area contributed by atoms with E-state index in [4.69, 9.17) is 17.3 Å². The van der Waals surface area contributed by atoms with Crippen molar-refractivity contribution in [3.8, 4) is 0 Å². The summed E-state index contributed by atoms with van der Waals surface area (Å²) in [5.41, 5.74) is 5.61. The van der Waals surface area contributed by atoms with E-state index < -0.39 is 24.0 Å². The Bertz CT molecular complexity index is 454. The molecule has 0 aromatic heterocycles. The summed E-state index contributed by atoms with van der Waals surface area (Å²) >= 11 is 5.78. The van der Waals surface area contributed by atoms with E-state index in [1.807, 2.05) is 0 Å². The van der Waals surface area contributed by atoms with Crippen LogP contribution in [0.1, 0.15) is 24.1 Å². The summed E-state index contributed by atoms with van der Waals surface area (Å²) in [5.74, 6) is -1.83. The van der Waals surface area contributed by atoms with Crippen molar-refractivity contribution in [3.63, 3.8) is 0 Å². The van der Waals surface area contributed by atoms with Crippen LogP contribution in [0.4, 0.5) is 8.78 Å². The van der Waals surface area contributed by atoms with Crippen molar-refractivity contribution in [2.45, 2.75) is 26.1 Å². The second-order valence-electron chi connectivity index (χ2n) is 3.77. The van der Waals surface area contributed by atoms with Crippen molar-refractivity contribution in [2.24, 2.45) is 5.73 Å². The van der Waals surface area contributed by atoms with Crippen LogP contribution in [-0.4, -0.2) is 18.7 Å². The quantitative estimate of drug-likeness (QED) is 0.861. The summed E-state index contributed by atoms with van der Waals surface area (Å²) < 4.78 is 32.1. The van der Waals surface area contributed by atoms with Gasteiger partial charge in [0.05, 0.1) is 12.6 Å². The number of ether oxygens (including phenoxy) is 1. The average molecular weight is 278 g/mol. The molecular weight excluding hydrogens is 264 g/mol. The predicted molar refractivity (Wildman–Crippen MR) is 64.6 cm³/mol. The van der Waals surface area contributed by atoms with Gasteiger partial charge in [-0.2, -0.15) is 0 Å². The van der Waals surface area contributed by atoms with Crippen LogP contribution in [0.15, 0.2) is 12.1 Å². The van der Waals surface area contributed by atoms with Gasteiger partial charge >= 0.3 is 5.97 Å². The lowest BCUT2D eigenvalue weighted by atomic mass is 10.00. The van der Waals surface area contributed by atoms with Crippen LogP contribution in [0.25, 0.3) is 0 Å². The van der Waals surface area contributed by atoms with Gasteiger partial charge in [-0.15, -0.1) is 0 Å². The number of carbonyl (C=O) groups excluding carboxylic acids is 1. The highest BCUT2D eigenvalue weighted by atomic mass is 35.5. The Morgan fingerprint density at radius 3 is 2.72 bits per heavy atom. The van der Waals surface area contributed by atoms with E-state index in [0.717, 1.165) is 0 Å². The number of nitrogens with two attached hydrogens (primary N) is 1. The van der Waals surface area contributed by atoms with Crippen LogP contribution >= 0.6 is 11.6 Å². The largest absolute Gasteiger partial charge is 0.464 e. The lowest BCUT2D eigenvalue weighted by Crippen LogP contribution is -2.32. The number of esters is 1. The molecule has 2 atom stereocenters. The maximum atomic E-state index is 13.8. The van der Waals surface area contributed by atoms with E-state index in [1.165, 1.54) is 26.0 Å². The summed E-state index contributed by atoms with van der Waals surface area (Å²) in [6, 6.07) is 1.37. The van der Waals surface area contributed by atoms with Crippen molar-refractivity contribution in [3.05, 3.63) is 34.1 Å². The highest BCUT2D eigenvalue weighted by molar-refractivity contribution is 6.31. The Labute approximate surface area is 109 Å². The summed E-state index contributed by atoms with van der Waals surface area (Å²) in [7, 11) is 0. The van der Waals surface area contributed by atoms with Gasteiger partial charge in [0.25, 0.3) is 0 Å². The van der Waals surface area contributed by atoms with Crippen LogP contribution in [0, 0.1) is 12.7 Å². The van der Waals surface area contributed by atoms with Crippen molar-refractivity contribution in [1.29, 1.82) is 0 Å². The average Bonchev–Trinajstić information content (AvgIpc) is 2.33. The molecule has 0 radical (unpaired) electrons. The molecule has 6 heteroatoms. The normalized spacial score (nSPS) is 14.1. The molecule has 3 nitrogen and oxygen atoms in total. The smallest absolute Gasteiger partial charge is 0.342 e. The summed E-state index contributed by atoms with van der Waals surface area (Å²) in [6.45, 7) is 3.06. The van der Waals surface area contributed by atoms with Gasteiger partial charge < -0.3 is 10.5 Å². The first-order valence-corrected chi connectivity index (χ1v) is 5.78. The van der Waals surface area contributed by atoms with Gasteiger partial charge in [0.15, 0.2) is 0 Å². The number of aryl methyl sites for hydroxylation is 1. The molecule has 0 aliphatic heterocycles. The van der Waals surface area contributed by atoms with E-state index in [2.05, 4.69) is 4.74 Å². The molecule has 1 unspecified atom stereocenters. The highest BCUT2D eigenvalue weighted by Gasteiger charge is 2.31. The van der Waals surface area contributed by atoms with Crippen molar-refractivity contribution in [2.75, 3.05) is 6.61 Å². The zero-order valence-corrected chi connectivity index (χ0v) is 10.8. The van der Waals surface area contributed by atoms with Crippen molar-refractivity contribution < 1.29 is 18.3 Å². The van der Waals surface area contributed by atoms with Crippen LogP contribution in [0.2, 0.25) is 5.02 Å². The minimum Gasteiger partial charge on any atom is -0.464 e. The standard InChI is InChI=1S/C12H14ClF2NO2/c1-3-18-12(17)10(15)11(16)8-7(13)5-4-6(2)9(8)14/h4-5,10-11H,3,16H2,1-2H3/t10?,11-/m0/s1. The number of carbonyl (C=O) groups is 1. The molecule has 100 valence electrons. The molecule has 1 rings (SSSR count). The molecule has 0 aliphatic carbocycles. The fourth-order valence-electron chi connectivity index (χ4n) is 1.50. The van der Waals surface area contributed by atoms with Crippen LogP contribution in [0.3, 0.4) is 0 Å². The van der Waals surface area contributed by atoms with E-state index in [-0.39, 0.29) is 22.8 Å². The maximum Gasteiger partial charge on any atom is 0.342 e. The van der Waals surface area contributed by atoms with Gasteiger partial charge in [0, 0.05) is 10.6 Å². The molecule has 0 fully saturated rings. The van der Waals surface area contributed by atoms with Crippen molar-refractivity contribution in [1.82, 2.24) is 0 Å². The van der Waals surface area contributed by atoms with Gasteiger partial charge in [-0.1, -0.05) is 17.7 Å². The number of halogens is 3. The Balaban J connectivity index is 3.07. The van der Waals surface area contributed by atoms with E-state index in [9.17, 15) is 13.6 Å². The molecule has 0 spiro atoms. The van der Waals surface area contributed by atoms with Crippen LogP contribution in [-0.2, 0) is 9.53 Å². The highest BCUT2D eigenvalue weighted by Crippen LogP contribution is 2.29. The molecule has 2 N–H and O–H groups in total. The van der Waals surface area contributed by atoms with Gasteiger partial charge in [-0.3, -0.25) is 0 Å². The van der Waals surface area contributed by atoms with Gasteiger partial charge in [0.1, 0.15) is 5.82 Å². The Kier molecular flexibility index (Phi) is 5.04. The minimum atomic E-state index is -2.15. The number of hydrogen-bond donors (Lipinski definition) is 1. The monoisotopic (exact) mass is 277 g/mol. The zero-order chi connectivity index (χ0) is 13.9. The first-order valence-electron chi connectivity index (χ1n) is 5.40. The zero-order valence-electron chi connectivity index (χ0n) is 10.0. The lowest BCUT2D eigenvalue weighted by Gasteiger charge is -2.18. The summed E-state index contributed by atoms with van der Waals surface area (Å²) in [4.78, 5) is 11.2. The second kappa shape index (κ2) is 6.11. The first-order chi connectivity index (χ1) is 8.40. The Morgan fingerprint density at radius 2 is 2.17 bits per heavy atom. The lowest BCUT2D eigenvalue weighted by molar-refractivity contribution is -0.149. The second-order valence-corrected chi connectivity index (χ2v) is 4.18. The van der Waals surface area contributed by atoms with Gasteiger partial charge in [-0.05, 0) is 25.5 Å². The topological polar surface area (TPSA) is 52.3 Å².